The van der Waals surface area contributed by atoms with Crippen molar-refractivity contribution >= 4 is 33.1 Å². The van der Waals surface area contributed by atoms with E-state index in [2.05, 4.69) is 15.3 Å². The van der Waals surface area contributed by atoms with Gasteiger partial charge in [-0.25, -0.2) is 4.98 Å². The van der Waals surface area contributed by atoms with Gasteiger partial charge in [-0.1, -0.05) is 6.08 Å². The molecular weight excluding hydrogens is 287 g/mol. The van der Waals surface area contributed by atoms with Crippen LogP contribution in [-0.2, 0) is 0 Å². The number of hydrogen-bond acceptors (Lipinski definition) is 4. The molecule has 3 rings (SSSR count). The highest BCUT2D eigenvalue weighted by molar-refractivity contribution is 7.17. The molecule has 0 saturated heterocycles. The smallest absolute Gasteiger partial charge is 0.325 e. The molecule has 3 nitrogen and oxygen atoms in total. The van der Waals surface area contributed by atoms with Crippen molar-refractivity contribution in [3.8, 4) is 0 Å². The third kappa shape index (κ3) is 2.53. The Bertz CT molecular complexity index is 687. The summed E-state index contributed by atoms with van der Waals surface area (Å²) in [4.78, 5) is 7.86. The zero-order valence-corrected chi connectivity index (χ0v) is 11.0. The fourth-order valence-corrected chi connectivity index (χ4v) is 2.75. The van der Waals surface area contributed by atoms with Crippen molar-refractivity contribution in [1.29, 1.82) is 0 Å². The van der Waals surface area contributed by atoms with E-state index in [0.29, 0.717) is 5.82 Å². The molecular formula is C13H10F3N3S. The predicted molar refractivity (Wildman–Crippen MR) is 74.3 cm³/mol. The average Bonchev–Trinajstić information content (AvgIpc) is 2.87. The largest absolute Gasteiger partial charge is 0.411 e. The van der Waals surface area contributed by atoms with Crippen molar-refractivity contribution in [2.75, 3.05) is 5.32 Å². The third-order valence-electron chi connectivity index (χ3n) is 2.93. The van der Waals surface area contributed by atoms with Gasteiger partial charge in [-0.05, 0) is 30.0 Å². The van der Waals surface area contributed by atoms with Gasteiger partial charge < -0.3 is 5.32 Å². The van der Waals surface area contributed by atoms with Gasteiger partial charge in [0, 0.05) is 16.3 Å². The number of alkyl halides is 3. The molecule has 0 amide bonds. The molecule has 7 heteroatoms. The maximum atomic E-state index is 12.7. The minimum absolute atomic E-state index is 0.120. The maximum absolute atomic E-state index is 12.7. The first-order valence-electron chi connectivity index (χ1n) is 5.94. The number of rotatable bonds is 1. The summed E-state index contributed by atoms with van der Waals surface area (Å²) in [6.07, 6.45) is 0.205. The highest BCUT2D eigenvalue weighted by atomic mass is 32.1. The molecule has 1 N–H and O–H groups in total. The van der Waals surface area contributed by atoms with Gasteiger partial charge in [-0.2, -0.15) is 13.2 Å². The molecule has 1 unspecified atom stereocenters. The number of nitrogens with one attached hydrogen (secondary N) is 1. The minimum atomic E-state index is -4.32. The van der Waals surface area contributed by atoms with E-state index in [-0.39, 0.29) is 12.3 Å². The molecule has 0 bridgehead atoms. The van der Waals surface area contributed by atoms with Crippen LogP contribution in [0.3, 0.4) is 0 Å². The summed E-state index contributed by atoms with van der Waals surface area (Å²) in [7, 11) is 0. The van der Waals surface area contributed by atoms with Crippen LogP contribution >= 0.6 is 11.3 Å². The van der Waals surface area contributed by atoms with E-state index in [1.54, 1.807) is 23.6 Å². The second-order valence-corrected chi connectivity index (χ2v) is 5.27. The molecule has 3 heterocycles. The number of pyridine rings is 1. The van der Waals surface area contributed by atoms with Crippen molar-refractivity contribution in [2.45, 2.75) is 18.6 Å². The Kier molecular flexibility index (Phi) is 3.21. The molecule has 0 aliphatic carbocycles. The lowest BCUT2D eigenvalue weighted by Gasteiger charge is -2.19. The molecule has 2 aromatic rings. The van der Waals surface area contributed by atoms with E-state index in [0.717, 1.165) is 10.1 Å². The first kappa shape index (κ1) is 13.1. The number of anilines is 1. The van der Waals surface area contributed by atoms with Crippen molar-refractivity contribution in [1.82, 2.24) is 4.98 Å². The molecule has 0 spiro atoms. The molecule has 1 aliphatic rings. The normalized spacial score (nSPS) is 19.1. The summed E-state index contributed by atoms with van der Waals surface area (Å²) in [5, 5.41) is 5.66. The maximum Gasteiger partial charge on any atom is 0.411 e. The standard InChI is InChI=1S/C13H10F3N3S/c14-13(15,16)10-2-1-3-11(18-10)19-12-8-5-7-20-9(8)4-6-17-12/h1,3-7,10H,2H2,(H,17,18,19). The Balaban J connectivity index is 1.89. The van der Waals surface area contributed by atoms with Crippen LogP contribution in [-0.4, -0.2) is 23.0 Å². The Morgan fingerprint density at radius 1 is 1.30 bits per heavy atom. The van der Waals surface area contributed by atoms with E-state index in [1.165, 1.54) is 6.08 Å². The molecule has 104 valence electrons. The lowest BCUT2D eigenvalue weighted by Crippen LogP contribution is -2.30. The number of nitrogens with zero attached hydrogens (tertiary/aromatic N) is 2. The molecule has 0 aromatic carbocycles. The van der Waals surface area contributed by atoms with Gasteiger partial charge in [0.05, 0.1) is 0 Å². The number of aliphatic imine (C=N–C) groups is 1. The molecule has 0 fully saturated rings. The quantitative estimate of drug-likeness (QED) is 0.864. The molecule has 20 heavy (non-hydrogen) atoms. The van der Waals surface area contributed by atoms with Gasteiger partial charge in [-0.3, -0.25) is 4.99 Å². The molecule has 0 radical (unpaired) electrons. The Morgan fingerprint density at radius 2 is 2.15 bits per heavy atom. The number of thiophene rings is 1. The second kappa shape index (κ2) is 4.90. The van der Waals surface area contributed by atoms with Crippen molar-refractivity contribution in [3.63, 3.8) is 0 Å². The summed E-state index contributed by atoms with van der Waals surface area (Å²) in [5.41, 5.74) is 0. The highest BCUT2D eigenvalue weighted by Crippen LogP contribution is 2.29. The Morgan fingerprint density at radius 3 is 2.95 bits per heavy atom. The minimum Gasteiger partial charge on any atom is -0.325 e. The Hall–Kier alpha value is -1.89. The van der Waals surface area contributed by atoms with Gasteiger partial charge in [0.1, 0.15) is 11.7 Å². The molecule has 0 saturated carbocycles. The van der Waals surface area contributed by atoms with E-state index in [4.69, 9.17) is 0 Å². The summed E-state index contributed by atoms with van der Waals surface area (Å²) in [5.74, 6) is 0.708. The van der Waals surface area contributed by atoms with Crippen LogP contribution in [0.4, 0.5) is 19.0 Å². The Labute approximate surface area is 116 Å². The zero-order valence-electron chi connectivity index (χ0n) is 10.2. The van der Waals surface area contributed by atoms with Gasteiger partial charge in [0.25, 0.3) is 0 Å². The zero-order chi connectivity index (χ0) is 14.2. The summed E-state index contributed by atoms with van der Waals surface area (Å²) < 4.78 is 39.0. The van der Waals surface area contributed by atoms with Gasteiger partial charge >= 0.3 is 6.18 Å². The lowest BCUT2D eigenvalue weighted by atomic mass is 10.1. The van der Waals surface area contributed by atoms with Crippen LogP contribution in [0.15, 0.2) is 40.9 Å². The van der Waals surface area contributed by atoms with E-state index in [1.807, 2.05) is 17.5 Å². The fourth-order valence-electron chi connectivity index (χ4n) is 1.97. The van der Waals surface area contributed by atoms with Crippen LogP contribution in [0.25, 0.3) is 10.1 Å². The first-order chi connectivity index (χ1) is 9.54. The predicted octanol–water partition coefficient (Wildman–Crippen LogP) is 4.00. The number of amidine groups is 1. The van der Waals surface area contributed by atoms with Crippen LogP contribution in [0, 0.1) is 0 Å². The van der Waals surface area contributed by atoms with Crippen LogP contribution in [0.5, 0.6) is 0 Å². The number of aromatic nitrogens is 1. The van der Waals surface area contributed by atoms with Gasteiger partial charge in [0.15, 0.2) is 6.04 Å². The third-order valence-corrected chi connectivity index (χ3v) is 3.82. The number of hydrogen-bond donors (Lipinski definition) is 1. The first-order valence-corrected chi connectivity index (χ1v) is 6.82. The van der Waals surface area contributed by atoms with Crippen LogP contribution < -0.4 is 5.32 Å². The SMILES string of the molecule is FC(F)(F)C1CC=CC(Nc2nccc3sccc23)=N1. The van der Waals surface area contributed by atoms with E-state index < -0.39 is 12.2 Å². The molecule has 2 aromatic heterocycles. The van der Waals surface area contributed by atoms with Crippen LogP contribution in [0.2, 0.25) is 0 Å². The lowest BCUT2D eigenvalue weighted by molar-refractivity contribution is -0.146. The van der Waals surface area contributed by atoms with Crippen molar-refractivity contribution in [2.24, 2.45) is 4.99 Å². The summed E-state index contributed by atoms with van der Waals surface area (Å²) in [6.45, 7) is 0. The van der Waals surface area contributed by atoms with Crippen LogP contribution in [0.1, 0.15) is 6.42 Å². The summed E-state index contributed by atoms with van der Waals surface area (Å²) >= 11 is 1.55. The average molecular weight is 297 g/mol. The number of dihydropyridines is 1. The monoisotopic (exact) mass is 297 g/mol. The van der Waals surface area contributed by atoms with Crippen molar-refractivity contribution in [3.05, 3.63) is 35.9 Å². The topological polar surface area (TPSA) is 37.3 Å². The van der Waals surface area contributed by atoms with Gasteiger partial charge in [0.2, 0.25) is 0 Å². The molecule has 1 aliphatic heterocycles. The highest BCUT2D eigenvalue weighted by Gasteiger charge is 2.39. The number of halogens is 3. The number of fused-ring (bicyclic) bond motifs is 1. The van der Waals surface area contributed by atoms with Gasteiger partial charge in [-0.15, -0.1) is 11.3 Å². The molecule has 1 atom stereocenters. The second-order valence-electron chi connectivity index (χ2n) is 4.33. The van der Waals surface area contributed by atoms with Crippen molar-refractivity contribution < 1.29 is 13.2 Å². The van der Waals surface area contributed by atoms with E-state index >= 15 is 0 Å². The summed E-state index contributed by atoms with van der Waals surface area (Å²) in [6, 6.07) is 2.06. The van der Waals surface area contributed by atoms with E-state index in [9.17, 15) is 13.2 Å². The fraction of sp³-hybridized carbons (Fsp3) is 0.231.